The molecule has 2 N–H and O–H groups in total. The summed E-state index contributed by atoms with van der Waals surface area (Å²) in [6, 6.07) is 5.95. The standard InChI is InChI=1S/C14H18FNO3/c15-12-6-4-5-11(9-12)10-13(17)16-8-3-1-2-7-14(18)19/h4-6,9H,1-3,7-8,10H2,(H,16,17)(H,18,19). The summed E-state index contributed by atoms with van der Waals surface area (Å²) in [5, 5.41) is 11.2. The van der Waals surface area contributed by atoms with Crippen LogP contribution in [0, 0.1) is 5.82 Å². The van der Waals surface area contributed by atoms with Gasteiger partial charge in [0.1, 0.15) is 5.82 Å². The van der Waals surface area contributed by atoms with Crippen molar-refractivity contribution in [1.29, 1.82) is 0 Å². The molecular weight excluding hydrogens is 249 g/mol. The fourth-order valence-electron chi connectivity index (χ4n) is 1.70. The van der Waals surface area contributed by atoms with Crippen LogP contribution < -0.4 is 5.32 Å². The Balaban J connectivity index is 2.13. The predicted molar refractivity (Wildman–Crippen MR) is 69.2 cm³/mol. The Kier molecular flexibility index (Phi) is 6.57. The number of carboxylic acids is 1. The summed E-state index contributed by atoms with van der Waals surface area (Å²) in [4.78, 5) is 21.8. The van der Waals surface area contributed by atoms with Crippen LogP contribution in [-0.4, -0.2) is 23.5 Å². The molecule has 0 saturated heterocycles. The van der Waals surface area contributed by atoms with Crippen molar-refractivity contribution in [3.05, 3.63) is 35.6 Å². The first kappa shape index (κ1) is 15.1. The molecular formula is C14H18FNO3. The van der Waals surface area contributed by atoms with E-state index in [9.17, 15) is 14.0 Å². The Morgan fingerprint density at radius 2 is 2.00 bits per heavy atom. The highest BCUT2D eigenvalue weighted by atomic mass is 19.1. The molecule has 5 heteroatoms. The van der Waals surface area contributed by atoms with E-state index in [1.165, 1.54) is 12.1 Å². The van der Waals surface area contributed by atoms with Crippen LogP contribution in [0.3, 0.4) is 0 Å². The van der Waals surface area contributed by atoms with Crippen molar-refractivity contribution in [1.82, 2.24) is 5.32 Å². The number of nitrogens with one attached hydrogen (secondary N) is 1. The number of aliphatic carboxylic acids is 1. The van der Waals surface area contributed by atoms with Gasteiger partial charge in [-0.3, -0.25) is 9.59 Å². The zero-order chi connectivity index (χ0) is 14.1. The van der Waals surface area contributed by atoms with Gasteiger partial charge in [0, 0.05) is 13.0 Å². The van der Waals surface area contributed by atoms with Gasteiger partial charge in [0.05, 0.1) is 6.42 Å². The lowest BCUT2D eigenvalue weighted by molar-refractivity contribution is -0.137. The number of carbonyl (C=O) groups excluding carboxylic acids is 1. The van der Waals surface area contributed by atoms with E-state index < -0.39 is 5.97 Å². The van der Waals surface area contributed by atoms with E-state index in [-0.39, 0.29) is 24.6 Å². The van der Waals surface area contributed by atoms with Crippen molar-refractivity contribution in [2.24, 2.45) is 0 Å². The summed E-state index contributed by atoms with van der Waals surface area (Å²) in [5.41, 5.74) is 0.642. The Bertz CT molecular complexity index is 434. The van der Waals surface area contributed by atoms with Crippen molar-refractivity contribution < 1.29 is 19.1 Å². The van der Waals surface area contributed by atoms with E-state index in [1.54, 1.807) is 12.1 Å². The van der Waals surface area contributed by atoms with E-state index in [0.29, 0.717) is 18.5 Å². The van der Waals surface area contributed by atoms with Crippen molar-refractivity contribution >= 4 is 11.9 Å². The summed E-state index contributed by atoms with van der Waals surface area (Å²) < 4.78 is 12.9. The molecule has 0 aromatic heterocycles. The minimum atomic E-state index is -0.796. The van der Waals surface area contributed by atoms with Gasteiger partial charge in [-0.1, -0.05) is 18.6 Å². The average molecular weight is 267 g/mol. The van der Waals surface area contributed by atoms with Crippen LogP contribution in [0.4, 0.5) is 4.39 Å². The lowest BCUT2D eigenvalue weighted by Gasteiger charge is -2.05. The number of amides is 1. The first-order valence-electron chi connectivity index (χ1n) is 6.31. The number of unbranched alkanes of at least 4 members (excludes halogenated alkanes) is 2. The second-order valence-electron chi connectivity index (χ2n) is 4.36. The third-order valence-corrected chi connectivity index (χ3v) is 2.64. The van der Waals surface area contributed by atoms with Crippen LogP contribution in [0.25, 0.3) is 0 Å². The topological polar surface area (TPSA) is 66.4 Å². The number of rotatable bonds is 8. The Morgan fingerprint density at radius 3 is 2.68 bits per heavy atom. The molecule has 0 radical (unpaired) electrons. The minimum Gasteiger partial charge on any atom is -0.481 e. The molecule has 0 saturated carbocycles. The SMILES string of the molecule is O=C(O)CCCCCNC(=O)Cc1cccc(F)c1. The van der Waals surface area contributed by atoms with Crippen LogP contribution in [0.1, 0.15) is 31.2 Å². The van der Waals surface area contributed by atoms with Gasteiger partial charge >= 0.3 is 5.97 Å². The highest BCUT2D eigenvalue weighted by Gasteiger charge is 2.03. The molecule has 0 aliphatic carbocycles. The Labute approximate surface area is 111 Å². The zero-order valence-corrected chi connectivity index (χ0v) is 10.7. The average Bonchev–Trinajstić information content (AvgIpc) is 2.33. The monoisotopic (exact) mass is 267 g/mol. The number of hydrogen-bond acceptors (Lipinski definition) is 2. The van der Waals surface area contributed by atoms with E-state index in [2.05, 4.69) is 5.32 Å². The molecule has 1 amide bonds. The zero-order valence-electron chi connectivity index (χ0n) is 10.7. The van der Waals surface area contributed by atoms with Gasteiger partial charge in [-0.25, -0.2) is 4.39 Å². The van der Waals surface area contributed by atoms with E-state index in [4.69, 9.17) is 5.11 Å². The largest absolute Gasteiger partial charge is 0.481 e. The third kappa shape index (κ3) is 7.18. The fraction of sp³-hybridized carbons (Fsp3) is 0.429. The number of hydrogen-bond donors (Lipinski definition) is 2. The summed E-state index contributed by atoms with van der Waals surface area (Å²) in [7, 11) is 0. The van der Waals surface area contributed by atoms with Gasteiger partial charge < -0.3 is 10.4 Å². The molecule has 0 bridgehead atoms. The lowest BCUT2D eigenvalue weighted by atomic mass is 10.1. The molecule has 19 heavy (non-hydrogen) atoms. The van der Waals surface area contributed by atoms with E-state index >= 15 is 0 Å². The summed E-state index contributed by atoms with van der Waals surface area (Å²) >= 11 is 0. The highest BCUT2D eigenvalue weighted by molar-refractivity contribution is 5.78. The number of carbonyl (C=O) groups is 2. The summed E-state index contributed by atoms with van der Waals surface area (Å²) in [5.74, 6) is -1.29. The van der Waals surface area contributed by atoms with Crippen molar-refractivity contribution in [2.75, 3.05) is 6.54 Å². The minimum absolute atomic E-state index is 0.149. The molecule has 0 heterocycles. The molecule has 1 aromatic carbocycles. The maximum absolute atomic E-state index is 12.9. The van der Waals surface area contributed by atoms with Crippen LogP contribution in [0.2, 0.25) is 0 Å². The van der Waals surface area contributed by atoms with Crippen LogP contribution in [-0.2, 0) is 16.0 Å². The van der Waals surface area contributed by atoms with E-state index in [0.717, 1.165) is 12.8 Å². The Morgan fingerprint density at radius 1 is 1.21 bits per heavy atom. The first-order chi connectivity index (χ1) is 9.08. The fourth-order valence-corrected chi connectivity index (χ4v) is 1.70. The maximum Gasteiger partial charge on any atom is 0.303 e. The molecule has 0 spiro atoms. The summed E-state index contributed by atoms with van der Waals surface area (Å²) in [6.45, 7) is 0.522. The quantitative estimate of drug-likeness (QED) is 0.709. The Hall–Kier alpha value is -1.91. The molecule has 0 fully saturated rings. The molecule has 1 aromatic rings. The highest BCUT2D eigenvalue weighted by Crippen LogP contribution is 2.04. The number of carboxylic acid groups (broad SMARTS) is 1. The molecule has 0 atom stereocenters. The number of halogens is 1. The molecule has 1 rings (SSSR count). The molecule has 0 aliphatic rings. The van der Waals surface area contributed by atoms with Gasteiger partial charge in [-0.2, -0.15) is 0 Å². The van der Waals surface area contributed by atoms with Gasteiger partial charge in [0.15, 0.2) is 0 Å². The molecule has 104 valence electrons. The molecule has 0 aliphatic heterocycles. The van der Waals surface area contributed by atoms with Crippen LogP contribution in [0.15, 0.2) is 24.3 Å². The van der Waals surface area contributed by atoms with Gasteiger partial charge in [-0.15, -0.1) is 0 Å². The second-order valence-corrected chi connectivity index (χ2v) is 4.36. The second kappa shape index (κ2) is 8.24. The predicted octanol–water partition coefficient (Wildman–Crippen LogP) is 2.13. The van der Waals surface area contributed by atoms with Crippen molar-refractivity contribution in [3.8, 4) is 0 Å². The third-order valence-electron chi connectivity index (χ3n) is 2.64. The van der Waals surface area contributed by atoms with Gasteiger partial charge in [0.2, 0.25) is 5.91 Å². The van der Waals surface area contributed by atoms with Crippen LogP contribution in [0.5, 0.6) is 0 Å². The first-order valence-corrected chi connectivity index (χ1v) is 6.31. The number of benzene rings is 1. The van der Waals surface area contributed by atoms with Gasteiger partial charge in [-0.05, 0) is 30.5 Å². The molecule has 0 unspecified atom stereocenters. The van der Waals surface area contributed by atoms with Crippen molar-refractivity contribution in [3.63, 3.8) is 0 Å². The maximum atomic E-state index is 12.9. The smallest absolute Gasteiger partial charge is 0.303 e. The lowest BCUT2D eigenvalue weighted by Crippen LogP contribution is -2.26. The van der Waals surface area contributed by atoms with Gasteiger partial charge in [0.25, 0.3) is 0 Å². The normalized spacial score (nSPS) is 10.2. The van der Waals surface area contributed by atoms with Crippen LogP contribution >= 0.6 is 0 Å². The van der Waals surface area contributed by atoms with Crippen molar-refractivity contribution in [2.45, 2.75) is 32.1 Å². The van der Waals surface area contributed by atoms with E-state index in [1.807, 2.05) is 0 Å². The summed E-state index contributed by atoms with van der Waals surface area (Å²) in [6.07, 6.45) is 2.47. The molecule has 4 nitrogen and oxygen atoms in total.